The average molecular weight is 302 g/mol. The highest BCUT2D eigenvalue weighted by Gasteiger charge is 2.41. The molecule has 1 saturated carbocycles. The van der Waals surface area contributed by atoms with Crippen molar-refractivity contribution in [2.24, 2.45) is 5.92 Å². The minimum atomic E-state index is -4.13. The van der Waals surface area contributed by atoms with E-state index in [-0.39, 0.29) is 6.54 Å². The molecule has 0 heterocycles. The summed E-state index contributed by atoms with van der Waals surface area (Å²) in [7, 11) is 0. The third-order valence-electron chi connectivity index (χ3n) is 2.81. The third kappa shape index (κ3) is 5.04. The number of rotatable bonds is 6. The van der Waals surface area contributed by atoms with Gasteiger partial charge in [0.05, 0.1) is 0 Å². The summed E-state index contributed by atoms with van der Waals surface area (Å²) in [5.41, 5.74) is 0. The minimum absolute atomic E-state index is 0.0842. The first-order valence-electron chi connectivity index (χ1n) is 5.75. The zero-order chi connectivity index (χ0) is 12.3. The zero-order valence-electron chi connectivity index (χ0n) is 9.73. The standard InChI is InChI=1S/C11H19BrF3N/c1-8(2)5-6-16(9-3-4-9)7-10(12)11(13,14)15/h8-10H,3-7H2,1-2H3. The lowest BCUT2D eigenvalue weighted by molar-refractivity contribution is -0.130. The Hall–Kier alpha value is 0.230. The molecule has 0 bridgehead atoms. The molecule has 16 heavy (non-hydrogen) atoms. The fourth-order valence-corrected chi connectivity index (χ4v) is 1.97. The van der Waals surface area contributed by atoms with E-state index in [1.807, 2.05) is 4.90 Å². The van der Waals surface area contributed by atoms with Crippen LogP contribution >= 0.6 is 15.9 Å². The Morgan fingerprint density at radius 1 is 1.31 bits per heavy atom. The molecule has 1 fully saturated rings. The maximum atomic E-state index is 12.4. The molecule has 0 aromatic carbocycles. The van der Waals surface area contributed by atoms with Crippen molar-refractivity contribution in [1.29, 1.82) is 0 Å². The van der Waals surface area contributed by atoms with Crippen molar-refractivity contribution in [3.05, 3.63) is 0 Å². The first kappa shape index (κ1) is 14.3. The van der Waals surface area contributed by atoms with E-state index in [1.54, 1.807) is 0 Å². The fourth-order valence-electron chi connectivity index (χ4n) is 1.60. The number of hydrogen-bond acceptors (Lipinski definition) is 1. The van der Waals surface area contributed by atoms with Crippen molar-refractivity contribution in [2.75, 3.05) is 13.1 Å². The van der Waals surface area contributed by atoms with Crippen LogP contribution in [0.3, 0.4) is 0 Å². The molecule has 0 aromatic heterocycles. The number of alkyl halides is 4. The number of halogens is 4. The van der Waals surface area contributed by atoms with Crippen LogP contribution in [-0.4, -0.2) is 35.0 Å². The van der Waals surface area contributed by atoms with Crippen LogP contribution in [0.1, 0.15) is 33.1 Å². The Balaban J connectivity index is 2.39. The number of hydrogen-bond donors (Lipinski definition) is 0. The zero-order valence-corrected chi connectivity index (χ0v) is 11.3. The summed E-state index contributed by atoms with van der Waals surface area (Å²) < 4.78 is 37.3. The molecule has 0 saturated heterocycles. The maximum Gasteiger partial charge on any atom is 0.402 e. The van der Waals surface area contributed by atoms with E-state index in [2.05, 4.69) is 29.8 Å². The minimum Gasteiger partial charge on any atom is -0.299 e. The Morgan fingerprint density at radius 3 is 2.25 bits per heavy atom. The van der Waals surface area contributed by atoms with Crippen LogP contribution in [0.4, 0.5) is 13.2 Å². The molecule has 5 heteroatoms. The van der Waals surface area contributed by atoms with Crippen LogP contribution in [0.15, 0.2) is 0 Å². The van der Waals surface area contributed by atoms with Crippen LogP contribution in [-0.2, 0) is 0 Å². The van der Waals surface area contributed by atoms with Gasteiger partial charge < -0.3 is 0 Å². The lowest BCUT2D eigenvalue weighted by Crippen LogP contribution is -2.39. The summed E-state index contributed by atoms with van der Waals surface area (Å²) in [6.07, 6.45) is -1.07. The van der Waals surface area contributed by atoms with Gasteiger partial charge in [-0.05, 0) is 31.7 Å². The normalized spacial score (nSPS) is 19.5. The molecule has 1 rings (SSSR count). The van der Waals surface area contributed by atoms with Gasteiger partial charge in [-0.1, -0.05) is 29.8 Å². The smallest absolute Gasteiger partial charge is 0.299 e. The summed E-state index contributed by atoms with van der Waals surface area (Å²) >= 11 is 2.74. The summed E-state index contributed by atoms with van der Waals surface area (Å²) in [6, 6.07) is 0.390. The third-order valence-corrected chi connectivity index (χ3v) is 3.62. The second-order valence-electron chi connectivity index (χ2n) is 4.92. The predicted octanol–water partition coefficient (Wildman–Crippen LogP) is 3.82. The van der Waals surface area contributed by atoms with Crippen LogP contribution in [0, 0.1) is 5.92 Å². The van der Waals surface area contributed by atoms with E-state index in [0.717, 1.165) is 25.8 Å². The van der Waals surface area contributed by atoms with E-state index in [1.165, 1.54) is 0 Å². The van der Waals surface area contributed by atoms with Gasteiger partial charge in [0.15, 0.2) is 0 Å². The molecule has 0 amide bonds. The average Bonchev–Trinajstić information content (AvgIpc) is 2.92. The molecule has 0 spiro atoms. The monoisotopic (exact) mass is 301 g/mol. The van der Waals surface area contributed by atoms with Crippen LogP contribution < -0.4 is 0 Å². The first-order valence-corrected chi connectivity index (χ1v) is 6.67. The molecule has 0 N–H and O–H groups in total. The Kier molecular flexibility index (Phi) is 5.10. The molecule has 1 aliphatic carbocycles. The molecular formula is C11H19BrF3N. The summed E-state index contributed by atoms with van der Waals surface area (Å²) in [6.45, 7) is 5.06. The van der Waals surface area contributed by atoms with E-state index in [0.29, 0.717) is 12.0 Å². The van der Waals surface area contributed by atoms with E-state index in [4.69, 9.17) is 0 Å². The van der Waals surface area contributed by atoms with Gasteiger partial charge in [-0.15, -0.1) is 0 Å². The van der Waals surface area contributed by atoms with E-state index < -0.39 is 11.0 Å². The van der Waals surface area contributed by atoms with Crippen molar-refractivity contribution >= 4 is 15.9 Å². The first-order chi connectivity index (χ1) is 7.30. The summed E-state index contributed by atoms with van der Waals surface area (Å²) in [5, 5.41) is 0. The van der Waals surface area contributed by atoms with Gasteiger partial charge in [-0.2, -0.15) is 13.2 Å². The van der Waals surface area contributed by atoms with Crippen molar-refractivity contribution in [1.82, 2.24) is 4.90 Å². The topological polar surface area (TPSA) is 3.24 Å². The van der Waals surface area contributed by atoms with Crippen molar-refractivity contribution in [2.45, 2.75) is 50.2 Å². The van der Waals surface area contributed by atoms with Crippen molar-refractivity contribution < 1.29 is 13.2 Å². The van der Waals surface area contributed by atoms with E-state index in [9.17, 15) is 13.2 Å². The Labute approximate surface area is 104 Å². The molecule has 1 atom stereocenters. The van der Waals surface area contributed by atoms with Gasteiger partial charge in [-0.25, -0.2) is 0 Å². The molecule has 0 aromatic rings. The maximum absolute atomic E-state index is 12.4. The van der Waals surface area contributed by atoms with Gasteiger partial charge in [0, 0.05) is 12.6 Å². The summed E-state index contributed by atoms with van der Waals surface area (Å²) in [4.78, 5) is 0.583. The van der Waals surface area contributed by atoms with Gasteiger partial charge in [0.25, 0.3) is 0 Å². The van der Waals surface area contributed by atoms with Crippen molar-refractivity contribution in [3.8, 4) is 0 Å². The quantitative estimate of drug-likeness (QED) is 0.674. The van der Waals surface area contributed by atoms with Crippen LogP contribution in [0.25, 0.3) is 0 Å². The van der Waals surface area contributed by atoms with Gasteiger partial charge >= 0.3 is 6.18 Å². The van der Waals surface area contributed by atoms with E-state index >= 15 is 0 Å². The Bertz CT molecular complexity index is 214. The molecule has 1 nitrogen and oxygen atoms in total. The second kappa shape index (κ2) is 5.71. The second-order valence-corrected chi connectivity index (χ2v) is 6.02. The van der Waals surface area contributed by atoms with Crippen LogP contribution in [0.5, 0.6) is 0 Å². The summed E-state index contributed by atoms with van der Waals surface area (Å²) in [5.74, 6) is 0.543. The van der Waals surface area contributed by atoms with Gasteiger partial charge in [-0.3, -0.25) is 4.90 Å². The lowest BCUT2D eigenvalue weighted by Gasteiger charge is -2.26. The van der Waals surface area contributed by atoms with Gasteiger partial charge in [0.1, 0.15) is 4.83 Å². The highest BCUT2D eigenvalue weighted by Crippen LogP contribution is 2.32. The van der Waals surface area contributed by atoms with Crippen LogP contribution in [0.2, 0.25) is 0 Å². The SMILES string of the molecule is CC(C)CCN(CC(Br)C(F)(F)F)C1CC1. The molecule has 0 aliphatic heterocycles. The molecular weight excluding hydrogens is 283 g/mol. The largest absolute Gasteiger partial charge is 0.402 e. The Morgan fingerprint density at radius 2 is 1.88 bits per heavy atom. The highest BCUT2D eigenvalue weighted by atomic mass is 79.9. The highest BCUT2D eigenvalue weighted by molar-refractivity contribution is 9.09. The lowest BCUT2D eigenvalue weighted by atomic mass is 10.1. The number of nitrogens with zero attached hydrogens (tertiary/aromatic N) is 1. The predicted molar refractivity (Wildman–Crippen MR) is 62.8 cm³/mol. The fraction of sp³-hybridized carbons (Fsp3) is 1.00. The molecule has 1 unspecified atom stereocenters. The molecule has 1 aliphatic rings. The molecule has 96 valence electrons. The van der Waals surface area contributed by atoms with Gasteiger partial charge in [0.2, 0.25) is 0 Å². The molecule has 0 radical (unpaired) electrons. The van der Waals surface area contributed by atoms with Crippen molar-refractivity contribution in [3.63, 3.8) is 0 Å².